The van der Waals surface area contributed by atoms with Gasteiger partial charge in [-0.25, -0.2) is 0 Å². The standard InChI is InChI=1S/C12H17N3O4/c1-8(12(13)16)14(2)7-9-4-5-11(19-3)10(6-9)15(17)18/h4-6,8H,7H2,1-3H3,(H2,13,16). The van der Waals surface area contributed by atoms with Crippen molar-refractivity contribution < 1.29 is 14.5 Å². The van der Waals surface area contributed by atoms with Gasteiger partial charge >= 0.3 is 5.69 Å². The minimum absolute atomic E-state index is 0.0971. The van der Waals surface area contributed by atoms with Crippen molar-refractivity contribution in [3.8, 4) is 5.75 Å². The number of nitrogens with zero attached hydrogens (tertiary/aromatic N) is 2. The van der Waals surface area contributed by atoms with Crippen molar-refractivity contribution in [1.29, 1.82) is 0 Å². The fraction of sp³-hybridized carbons (Fsp3) is 0.417. The fourth-order valence-electron chi connectivity index (χ4n) is 1.62. The number of carbonyl (C=O) groups is 1. The van der Waals surface area contributed by atoms with E-state index in [1.807, 2.05) is 0 Å². The van der Waals surface area contributed by atoms with Crippen LogP contribution in [0.5, 0.6) is 5.75 Å². The summed E-state index contributed by atoms with van der Waals surface area (Å²) >= 11 is 0. The van der Waals surface area contributed by atoms with Gasteiger partial charge in [0.05, 0.1) is 18.1 Å². The molecule has 0 aliphatic heterocycles. The molecule has 0 heterocycles. The van der Waals surface area contributed by atoms with Crippen LogP contribution in [0.15, 0.2) is 18.2 Å². The molecule has 7 nitrogen and oxygen atoms in total. The monoisotopic (exact) mass is 267 g/mol. The van der Waals surface area contributed by atoms with Crippen LogP contribution in [0.3, 0.4) is 0 Å². The van der Waals surface area contributed by atoms with Crippen LogP contribution < -0.4 is 10.5 Å². The third-order valence-electron chi connectivity index (χ3n) is 2.94. The number of amides is 1. The molecular formula is C12H17N3O4. The molecule has 0 aliphatic carbocycles. The summed E-state index contributed by atoms with van der Waals surface area (Å²) in [5.41, 5.74) is 5.82. The molecule has 2 N–H and O–H groups in total. The van der Waals surface area contributed by atoms with Crippen molar-refractivity contribution in [2.45, 2.75) is 19.5 Å². The van der Waals surface area contributed by atoms with E-state index in [0.717, 1.165) is 0 Å². The van der Waals surface area contributed by atoms with Crippen molar-refractivity contribution in [1.82, 2.24) is 4.90 Å². The molecule has 1 rings (SSSR count). The first-order valence-corrected chi connectivity index (χ1v) is 5.67. The first-order chi connectivity index (χ1) is 8.86. The second kappa shape index (κ2) is 6.14. The van der Waals surface area contributed by atoms with Crippen LogP contribution in [0.2, 0.25) is 0 Å². The number of hydrogen-bond donors (Lipinski definition) is 1. The van der Waals surface area contributed by atoms with E-state index in [0.29, 0.717) is 12.1 Å². The van der Waals surface area contributed by atoms with Crippen molar-refractivity contribution >= 4 is 11.6 Å². The highest BCUT2D eigenvalue weighted by Crippen LogP contribution is 2.27. The van der Waals surface area contributed by atoms with Crippen LogP contribution in [-0.2, 0) is 11.3 Å². The van der Waals surface area contributed by atoms with Gasteiger partial charge in [-0.15, -0.1) is 0 Å². The molecule has 0 fully saturated rings. The number of carbonyl (C=O) groups excluding carboxylic acids is 1. The number of methoxy groups -OCH3 is 1. The maximum absolute atomic E-state index is 11.1. The molecule has 0 aliphatic rings. The van der Waals surface area contributed by atoms with Crippen molar-refractivity contribution in [2.75, 3.05) is 14.2 Å². The van der Waals surface area contributed by atoms with Gasteiger partial charge in [0, 0.05) is 12.6 Å². The van der Waals surface area contributed by atoms with Crippen LogP contribution in [0.4, 0.5) is 5.69 Å². The van der Waals surface area contributed by atoms with Crippen LogP contribution in [0.25, 0.3) is 0 Å². The number of primary amides is 1. The summed E-state index contributed by atoms with van der Waals surface area (Å²) < 4.78 is 4.92. The summed E-state index contributed by atoms with van der Waals surface area (Å²) in [6.07, 6.45) is 0. The molecule has 1 atom stereocenters. The molecule has 0 spiro atoms. The Kier molecular flexibility index (Phi) is 4.82. The Morgan fingerprint density at radius 3 is 2.68 bits per heavy atom. The van der Waals surface area contributed by atoms with Crippen molar-refractivity contribution in [3.63, 3.8) is 0 Å². The number of nitrogens with two attached hydrogens (primary N) is 1. The Hall–Kier alpha value is -2.15. The molecule has 0 aromatic heterocycles. The van der Waals surface area contributed by atoms with Gasteiger partial charge in [0.15, 0.2) is 5.75 Å². The van der Waals surface area contributed by atoms with Crippen molar-refractivity contribution in [3.05, 3.63) is 33.9 Å². The smallest absolute Gasteiger partial charge is 0.311 e. The molecule has 19 heavy (non-hydrogen) atoms. The van der Waals surface area contributed by atoms with E-state index in [9.17, 15) is 14.9 Å². The lowest BCUT2D eigenvalue weighted by Gasteiger charge is -2.21. The molecule has 7 heteroatoms. The average molecular weight is 267 g/mol. The van der Waals surface area contributed by atoms with E-state index in [1.165, 1.54) is 19.2 Å². The van der Waals surface area contributed by atoms with Gasteiger partial charge in [0.2, 0.25) is 5.91 Å². The Balaban J connectivity index is 2.94. The summed E-state index contributed by atoms with van der Waals surface area (Å²) in [5, 5.41) is 10.9. The predicted molar refractivity (Wildman–Crippen MR) is 69.8 cm³/mol. The van der Waals surface area contributed by atoms with Gasteiger partial charge in [-0.3, -0.25) is 19.8 Å². The quantitative estimate of drug-likeness (QED) is 0.610. The van der Waals surface area contributed by atoms with Crippen molar-refractivity contribution in [2.24, 2.45) is 5.73 Å². The van der Waals surface area contributed by atoms with Crippen LogP contribution in [0.1, 0.15) is 12.5 Å². The second-order valence-electron chi connectivity index (χ2n) is 4.26. The molecule has 1 amide bonds. The van der Waals surface area contributed by atoms with E-state index in [-0.39, 0.29) is 11.4 Å². The highest BCUT2D eigenvalue weighted by molar-refractivity contribution is 5.79. The van der Waals surface area contributed by atoms with Crippen LogP contribution in [-0.4, -0.2) is 35.9 Å². The number of likely N-dealkylation sites (N-methyl/N-ethyl adjacent to an activating group) is 1. The zero-order chi connectivity index (χ0) is 14.6. The summed E-state index contributed by atoms with van der Waals surface area (Å²) in [6, 6.07) is 4.25. The summed E-state index contributed by atoms with van der Waals surface area (Å²) in [4.78, 5) is 23.2. The summed E-state index contributed by atoms with van der Waals surface area (Å²) in [7, 11) is 3.11. The minimum atomic E-state index is -0.500. The lowest BCUT2D eigenvalue weighted by molar-refractivity contribution is -0.385. The molecule has 104 valence electrons. The first-order valence-electron chi connectivity index (χ1n) is 5.67. The number of hydrogen-bond acceptors (Lipinski definition) is 5. The summed E-state index contributed by atoms with van der Waals surface area (Å²) in [5.74, 6) is -0.232. The first kappa shape index (κ1) is 14.9. The molecule has 1 unspecified atom stereocenters. The molecule has 0 radical (unpaired) electrons. The maximum atomic E-state index is 11.1. The number of ether oxygens (including phenoxy) is 1. The zero-order valence-electron chi connectivity index (χ0n) is 11.1. The van der Waals surface area contributed by atoms with E-state index in [1.54, 1.807) is 24.9 Å². The lowest BCUT2D eigenvalue weighted by atomic mass is 10.1. The van der Waals surface area contributed by atoms with Gasteiger partial charge in [-0.1, -0.05) is 6.07 Å². The zero-order valence-corrected chi connectivity index (χ0v) is 11.1. The Labute approximate surface area is 111 Å². The highest BCUT2D eigenvalue weighted by atomic mass is 16.6. The molecule has 0 saturated carbocycles. The fourth-order valence-corrected chi connectivity index (χ4v) is 1.62. The normalized spacial score (nSPS) is 12.2. The third-order valence-corrected chi connectivity index (χ3v) is 2.94. The van der Waals surface area contributed by atoms with Crippen LogP contribution in [0, 0.1) is 10.1 Å². The van der Waals surface area contributed by atoms with Gasteiger partial charge < -0.3 is 10.5 Å². The van der Waals surface area contributed by atoms with Gasteiger partial charge in [-0.05, 0) is 25.6 Å². The molecule has 1 aromatic carbocycles. The molecule has 1 aromatic rings. The SMILES string of the molecule is COc1ccc(CN(C)C(C)C(N)=O)cc1[N+](=O)[O-]. The van der Waals surface area contributed by atoms with E-state index in [4.69, 9.17) is 10.5 Å². The number of rotatable bonds is 6. The molecular weight excluding hydrogens is 250 g/mol. The van der Waals surface area contributed by atoms with Gasteiger partial charge in [-0.2, -0.15) is 0 Å². The highest BCUT2D eigenvalue weighted by Gasteiger charge is 2.18. The number of benzene rings is 1. The second-order valence-corrected chi connectivity index (χ2v) is 4.26. The Morgan fingerprint density at radius 2 is 2.21 bits per heavy atom. The molecule has 0 saturated heterocycles. The summed E-state index contributed by atoms with van der Waals surface area (Å²) in [6.45, 7) is 2.06. The topological polar surface area (TPSA) is 98.7 Å². The van der Waals surface area contributed by atoms with Gasteiger partial charge in [0.1, 0.15) is 0 Å². The van der Waals surface area contributed by atoms with E-state index >= 15 is 0 Å². The van der Waals surface area contributed by atoms with Crippen LogP contribution >= 0.6 is 0 Å². The van der Waals surface area contributed by atoms with Gasteiger partial charge in [0.25, 0.3) is 0 Å². The largest absolute Gasteiger partial charge is 0.490 e. The Bertz CT molecular complexity index is 490. The predicted octanol–water partition coefficient (Wildman–Crippen LogP) is 0.909. The molecule has 0 bridgehead atoms. The third kappa shape index (κ3) is 3.65. The van der Waals surface area contributed by atoms with E-state index in [2.05, 4.69) is 0 Å². The number of nitro benzene ring substituents is 1. The maximum Gasteiger partial charge on any atom is 0.311 e. The number of nitro groups is 1. The lowest BCUT2D eigenvalue weighted by Crippen LogP contribution is -2.39. The minimum Gasteiger partial charge on any atom is -0.490 e. The Morgan fingerprint density at radius 1 is 1.58 bits per heavy atom. The van der Waals surface area contributed by atoms with E-state index < -0.39 is 16.9 Å². The average Bonchev–Trinajstić information content (AvgIpc) is 2.37.